The lowest BCUT2D eigenvalue weighted by molar-refractivity contribution is -0.124. The number of anilines is 1. The molecule has 2 amide bonds. The number of hydrogen-bond acceptors (Lipinski definition) is 5. The van der Waals surface area contributed by atoms with E-state index in [2.05, 4.69) is 15.6 Å². The molecular formula is C16H19F2N3O2S2. The van der Waals surface area contributed by atoms with Gasteiger partial charge in [0.15, 0.2) is 4.34 Å². The SMILES string of the molecule is CC(C)CC(=O)NCC(=O)Nc1ccc2nc(SCC(F)F)sc2c1. The fraction of sp³-hybridized carbons (Fsp3) is 0.438. The number of nitrogens with zero attached hydrogens (tertiary/aromatic N) is 1. The number of rotatable bonds is 8. The molecule has 2 aromatic rings. The number of halogens is 2. The molecule has 2 N–H and O–H groups in total. The van der Waals surface area contributed by atoms with Crippen molar-refractivity contribution < 1.29 is 18.4 Å². The molecule has 5 nitrogen and oxygen atoms in total. The van der Waals surface area contributed by atoms with E-state index >= 15 is 0 Å². The monoisotopic (exact) mass is 387 g/mol. The second-order valence-corrected chi connectivity index (χ2v) is 8.09. The number of fused-ring (bicyclic) bond motifs is 1. The third-order valence-corrected chi connectivity index (χ3v) is 5.20. The number of alkyl halides is 2. The number of carbonyl (C=O) groups is 2. The molecule has 136 valence electrons. The summed E-state index contributed by atoms with van der Waals surface area (Å²) in [6, 6.07) is 5.16. The van der Waals surface area contributed by atoms with E-state index in [1.54, 1.807) is 18.2 Å². The molecule has 0 spiro atoms. The normalized spacial score (nSPS) is 11.3. The highest BCUT2D eigenvalue weighted by atomic mass is 32.2. The zero-order chi connectivity index (χ0) is 18.4. The summed E-state index contributed by atoms with van der Waals surface area (Å²) in [5.41, 5.74) is 1.27. The Kier molecular flexibility index (Phi) is 7.12. The van der Waals surface area contributed by atoms with Crippen molar-refractivity contribution in [1.82, 2.24) is 10.3 Å². The molecule has 1 heterocycles. The molecule has 0 radical (unpaired) electrons. The van der Waals surface area contributed by atoms with Gasteiger partial charge in [-0.25, -0.2) is 13.8 Å². The van der Waals surface area contributed by atoms with E-state index < -0.39 is 6.43 Å². The Morgan fingerprint density at radius 1 is 1.28 bits per heavy atom. The number of hydrogen-bond donors (Lipinski definition) is 2. The summed E-state index contributed by atoms with van der Waals surface area (Å²) in [5, 5.41) is 5.27. The van der Waals surface area contributed by atoms with Gasteiger partial charge in [0.1, 0.15) is 0 Å². The van der Waals surface area contributed by atoms with Gasteiger partial charge in [0, 0.05) is 12.1 Å². The average Bonchev–Trinajstić information content (AvgIpc) is 2.92. The zero-order valence-electron chi connectivity index (χ0n) is 13.8. The topological polar surface area (TPSA) is 71.1 Å². The van der Waals surface area contributed by atoms with Gasteiger partial charge in [-0.05, 0) is 24.1 Å². The number of thiazole rings is 1. The van der Waals surface area contributed by atoms with Crippen molar-refractivity contribution in [3.05, 3.63) is 18.2 Å². The van der Waals surface area contributed by atoms with Gasteiger partial charge in [-0.2, -0.15) is 0 Å². The van der Waals surface area contributed by atoms with Gasteiger partial charge in [0.2, 0.25) is 18.2 Å². The first kappa shape index (κ1) is 19.6. The Morgan fingerprint density at radius 2 is 2.04 bits per heavy atom. The molecule has 0 atom stereocenters. The van der Waals surface area contributed by atoms with Crippen molar-refractivity contribution in [2.45, 2.75) is 31.0 Å². The molecular weight excluding hydrogens is 368 g/mol. The third-order valence-electron chi connectivity index (χ3n) is 3.03. The summed E-state index contributed by atoms with van der Waals surface area (Å²) in [4.78, 5) is 27.7. The minimum atomic E-state index is -2.38. The first-order valence-corrected chi connectivity index (χ1v) is 9.51. The van der Waals surface area contributed by atoms with Gasteiger partial charge in [0.25, 0.3) is 0 Å². The highest BCUT2D eigenvalue weighted by Gasteiger charge is 2.11. The Bertz CT molecular complexity index is 750. The van der Waals surface area contributed by atoms with Crippen LogP contribution < -0.4 is 10.6 Å². The number of benzene rings is 1. The van der Waals surface area contributed by atoms with E-state index in [0.717, 1.165) is 16.5 Å². The van der Waals surface area contributed by atoms with E-state index in [0.29, 0.717) is 22.0 Å². The van der Waals surface area contributed by atoms with Crippen molar-refractivity contribution in [3.63, 3.8) is 0 Å². The smallest absolute Gasteiger partial charge is 0.248 e. The summed E-state index contributed by atoms with van der Waals surface area (Å²) in [6.07, 6.45) is -2.00. The highest BCUT2D eigenvalue weighted by Crippen LogP contribution is 2.31. The second kappa shape index (κ2) is 9.10. The van der Waals surface area contributed by atoms with Crippen LogP contribution in [0.3, 0.4) is 0 Å². The van der Waals surface area contributed by atoms with Crippen molar-refractivity contribution in [1.29, 1.82) is 0 Å². The van der Waals surface area contributed by atoms with E-state index in [1.165, 1.54) is 11.3 Å². The second-order valence-electron chi connectivity index (χ2n) is 5.79. The number of aromatic nitrogens is 1. The van der Waals surface area contributed by atoms with Crippen molar-refractivity contribution in [2.24, 2.45) is 5.92 Å². The van der Waals surface area contributed by atoms with Gasteiger partial charge in [-0.3, -0.25) is 9.59 Å². The minimum absolute atomic E-state index is 0.0955. The van der Waals surface area contributed by atoms with Gasteiger partial charge >= 0.3 is 0 Å². The minimum Gasteiger partial charge on any atom is -0.347 e. The quantitative estimate of drug-likeness (QED) is 0.677. The van der Waals surface area contributed by atoms with Gasteiger partial charge in [-0.15, -0.1) is 11.3 Å². The standard InChI is InChI=1S/C16H19F2N3O2S2/c1-9(2)5-14(22)19-7-15(23)20-10-3-4-11-12(6-10)25-16(21-11)24-8-13(17)18/h3-4,6,9,13H,5,7-8H2,1-2H3,(H,19,22)(H,20,23). The molecule has 2 rings (SSSR count). The Morgan fingerprint density at radius 3 is 2.72 bits per heavy atom. The van der Waals surface area contributed by atoms with Gasteiger partial charge in [0.05, 0.1) is 22.5 Å². The van der Waals surface area contributed by atoms with Crippen LogP contribution in [0.4, 0.5) is 14.5 Å². The lowest BCUT2D eigenvalue weighted by atomic mass is 10.1. The molecule has 9 heteroatoms. The van der Waals surface area contributed by atoms with Crippen LogP contribution in [-0.2, 0) is 9.59 Å². The summed E-state index contributed by atoms with van der Waals surface area (Å²) in [6.45, 7) is 3.76. The average molecular weight is 387 g/mol. The van der Waals surface area contributed by atoms with Crippen molar-refractivity contribution in [3.8, 4) is 0 Å². The molecule has 0 unspecified atom stereocenters. The summed E-state index contributed by atoms with van der Waals surface area (Å²) < 4.78 is 25.9. The third kappa shape index (κ3) is 6.58. The number of carbonyl (C=O) groups excluding carboxylic acids is 2. The molecule has 0 fully saturated rings. The van der Waals surface area contributed by atoms with E-state index in [1.807, 2.05) is 13.8 Å². The predicted molar refractivity (Wildman–Crippen MR) is 97.4 cm³/mol. The number of thioether (sulfide) groups is 1. The molecule has 25 heavy (non-hydrogen) atoms. The molecule has 0 saturated heterocycles. The van der Waals surface area contributed by atoms with E-state index in [-0.39, 0.29) is 30.0 Å². The Hall–Kier alpha value is -1.74. The molecule has 1 aromatic carbocycles. The summed E-state index contributed by atoms with van der Waals surface area (Å²) >= 11 is 2.32. The molecule has 0 aliphatic heterocycles. The van der Waals surface area contributed by atoms with Crippen LogP contribution in [0.25, 0.3) is 10.2 Å². The number of nitrogens with one attached hydrogen (secondary N) is 2. The molecule has 1 aromatic heterocycles. The van der Waals surface area contributed by atoms with Crippen LogP contribution in [0.1, 0.15) is 20.3 Å². The first-order chi connectivity index (χ1) is 11.8. The first-order valence-electron chi connectivity index (χ1n) is 7.71. The lowest BCUT2D eigenvalue weighted by Gasteiger charge is -2.08. The maximum Gasteiger partial charge on any atom is 0.248 e. The molecule has 0 saturated carbocycles. The Balaban J connectivity index is 1.92. The maximum absolute atomic E-state index is 12.3. The van der Waals surface area contributed by atoms with Crippen LogP contribution in [0.15, 0.2) is 22.5 Å². The summed E-state index contributed by atoms with van der Waals surface area (Å²) in [7, 11) is 0. The fourth-order valence-electron chi connectivity index (χ4n) is 2.00. The van der Waals surface area contributed by atoms with Crippen LogP contribution >= 0.6 is 23.1 Å². The van der Waals surface area contributed by atoms with Crippen LogP contribution in [0, 0.1) is 5.92 Å². The number of amides is 2. The van der Waals surface area contributed by atoms with E-state index in [4.69, 9.17) is 0 Å². The Labute approximate surface area is 152 Å². The summed E-state index contributed by atoms with van der Waals surface area (Å²) in [5.74, 6) is -0.551. The largest absolute Gasteiger partial charge is 0.347 e. The predicted octanol–water partition coefficient (Wildman–Crippen LogP) is 3.75. The van der Waals surface area contributed by atoms with Gasteiger partial charge < -0.3 is 10.6 Å². The zero-order valence-corrected chi connectivity index (χ0v) is 15.5. The van der Waals surface area contributed by atoms with Crippen molar-refractivity contribution >= 4 is 50.8 Å². The lowest BCUT2D eigenvalue weighted by Crippen LogP contribution is -2.33. The van der Waals surface area contributed by atoms with Crippen molar-refractivity contribution in [2.75, 3.05) is 17.6 Å². The maximum atomic E-state index is 12.3. The highest BCUT2D eigenvalue weighted by molar-refractivity contribution is 8.01. The fourth-order valence-corrected chi connectivity index (χ4v) is 3.88. The van der Waals surface area contributed by atoms with E-state index in [9.17, 15) is 18.4 Å². The van der Waals surface area contributed by atoms with Crippen LogP contribution in [0.5, 0.6) is 0 Å². The molecule has 0 bridgehead atoms. The van der Waals surface area contributed by atoms with Gasteiger partial charge in [-0.1, -0.05) is 25.6 Å². The molecule has 0 aliphatic carbocycles. The van der Waals surface area contributed by atoms with Crippen LogP contribution in [-0.4, -0.2) is 35.5 Å². The molecule has 0 aliphatic rings. The van der Waals surface area contributed by atoms with Crippen LogP contribution in [0.2, 0.25) is 0 Å².